The van der Waals surface area contributed by atoms with Crippen molar-refractivity contribution in [2.75, 3.05) is 24.7 Å². The number of nitrogen functional groups attached to an aromatic ring is 1. The maximum Gasteiger partial charge on any atom is 0.217 e. The molecule has 5 N–H and O–H groups in total. The number of hydrogen-bond donors (Lipinski definition) is 3. The largest absolute Gasteiger partial charge is 0.497 e. The first kappa shape index (κ1) is 12.2. The van der Waals surface area contributed by atoms with Gasteiger partial charge in [0, 0.05) is 19.0 Å². The third-order valence-electron chi connectivity index (χ3n) is 2.18. The SMILES string of the molecule is COc1ccc(N)c(NCCCC(N)=O)c1. The molecule has 0 radical (unpaired) electrons. The Morgan fingerprint density at radius 3 is 2.88 bits per heavy atom. The van der Waals surface area contributed by atoms with E-state index < -0.39 is 0 Å². The molecule has 0 spiro atoms. The lowest BCUT2D eigenvalue weighted by atomic mass is 10.2. The van der Waals surface area contributed by atoms with Gasteiger partial charge in [-0.05, 0) is 18.6 Å². The van der Waals surface area contributed by atoms with Crippen LogP contribution in [-0.4, -0.2) is 19.6 Å². The van der Waals surface area contributed by atoms with Crippen molar-refractivity contribution in [3.8, 4) is 5.75 Å². The Balaban J connectivity index is 2.49. The van der Waals surface area contributed by atoms with Gasteiger partial charge in [-0.1, -0.05) is 0 Å². The van der Waals surface area contributed by atoms with E-state index >= 15 is 0 Å². The predicted octanol–water partition coefficient (Wildman–Crippen LogP) is 0.955. The summed E-state index contributed by atoms with van der Waals surface area (Å²) in [6, 6.07) is 5.39. The molecule has 0 bridgehead atoms. The molecular weight excluding hydrogens is 206 g/mol. The van der Waals surface area contributed by atoms with Gasteiger partial charge in [0.2, 0.25) is 5.91 Å². The summed E-state index contributed by atoms with van der Waals surface area (Å²) in [7, 11) is 1.60. The number of carbonyl (C=O) groups excluding carboxylic acids is 1. The van der Waals surface area contributed by atoms with E-state index in [-0.39, 0.29) is 5.91 Å². The Morgan fingerprint density at radius 1 is 1.50 bits per heavy atom. The van der Waals surface area contributed by atoms with E-state index in [1.54, 1.807) is 19.2 Å². The van der Waals surface area contributed by atoms with Gasteiger partial charge in [0.25, 0.3) is 0 Å². The molecule has 0 saturated heterocycles. The third kappa shape index (κ3) is 3.68. The number of methoxy groups -OCH3 is 1. The van der Waals surface area contributed by atoms with Crippen LogP contribution >= 0.6 is 0 Å². The highest BCUT2D eigenvalue weighted by Crippen LogP contribution is 2.24. The average Bonchev–Trinajstić information content (AvgIpc) is 2.26. The molecule has 5 nitrogen and oxygen atoms in total. The number of carbonyl (C=O) groups is 1. The molecule has 0 aliphatic heterocycles. The van der Waals surface area contributed by atoms with Crippen LogP contribution in [0.3, 0.4) is 0 Å². The van der Waals surface area contributed by atoms with Crippen molar-refractivity contribution in [1.82, 2.24) is 0 Å². The topological polar surface area (TPSA) is 90.4 Å². The van der Waals surface area contributed by atoms with Crippen LogP contribution in [0.25, 0.3) is 0 Å². The zero-order valence-corrected chi connectivity index (χ0v) is 9.32. The average molecular weight is 223 g/mol. The van der Waals surface area contributed by atoms with Crippen molar-refractivity contribution in [3.63, 3.8) is 0 Å². The monoisotopic (exact) mass is 223 g/mol. The van der Waals surface area contributed by atoms with Crippen LogP contribution in [0.1, 0.15) is 12.8 Å². The molecule has 0 aliphatic carbocycles. The quantitative estimate of drug-likeness (QED) is 0.495. The first-order valence-electron chi connectivity index (χ1n) is 5.09. The minimum Gasteiger partial charge on any atom is -0.497 e. The van der Waals surface area contributed by atoms with Gasteiger partial charge >= 0.3 is 0 Å². The number of primary amides is 1. The molecule has 1 rings (SSSR count). The van der Waals surface area contributed by atoms with Crippen LogP contribution in [0.4, 0.5) is 11.4 Å². The smallest absolute Gasteiger partial charge is 0.217 e. The summed E-state index contributed by atoms with van der Waals surface area (Å²) in [5.74, 6) is 0.451. The number of nitrogens with one attached hydrogen (secondary N) is 1. The van der Waals surface area contributed by atoms with Crippen molar-refractivity contribution in [2.45, 2.75) is 12.8 Å². The molecule has 0 saturated carbocycles. The van der Waals surface area contributed by atoms with Crippen LogP contribution in [0.2, 0.25) is 0 Å². The van der Waals surface area contributed by atoms with Crippen LogP contribution in [0.15, 0.2) is 18.2 Å². The van der Waals surface area contributed by atoms with Gasteiger partial charge in [-0.2, -0.15) is 0 Å². The van der Waals surface area contributed by atoms with Crippen molar-refractivity contribution in [1.29, 1.82) is 0 Å². The fourth-order valence-corrected chi connectivity index (χ4v) is 1.30. The van der Waals surface area contributed by atoms with Crippen molar-refractivity contribution in [2.24, 2.45) is 5.73 Å². The molecular formula is C11H17N3O2. The Labute approximate surface area is 94.8 Å². The number of anilines is 2. The maximum absolute atomic E-state index is 10.5. The Hall–Kier alpha value is -1.91. The predicted molar refractivity (Wildman–Crippen MR) is 64.3 cm³/mol. The lowest BCUT2D eigenvalue weighted by molar-refractivity contribution is -0.118. The number of ether oxygens (including phenoxy) is 1. The Kier molecular flexibility index (Phi) is 4.44. The molecule has 0 atom stereocenters. The summed E-state index contributed by atoms with van der Waals surface area (Å²) in [6.07, 6.45) is 1.06. The molecule has 88 valence electrons. The molecule has 0 unspecified atom stereocenters. The molecule has 16 heavy (non-hydrogen) atoms. The number of nitrogens with two attached hydrogens (primary N) is 2. The lowest BCUT2D eigenvalue weighted by Gasteiger charge is -2.10. The lowest BCUT2D eigenvalue weighted by Crippen LogP contribution is -2.13. The molecule has 1 aromatic carbocycles. The molecule has 0 aliphatic rings. The minimum absolute atomic E-state index is 0.291. The van der Waals surface area contributed by atoms with Crippen LogP contribution < -0.4 is 21.5 Å². The first-order valence-corrected chi connectivity index (χ1v) is 5.09. The minimum atomic E-state index is -0.291. The fourth-order valence-electron chi connectivity index (χ4n) is 1.30. The van der Waals surface area contributed by atoms with Crippen LogP contribution in [0.5, 0.6) is 5.75 Å². The zero-order valence-electron chi connectivity index (χ0n) is 9.32. The number of rotatable bonds is 6. The van der Waals surface area contributed by atoms with Crippen molar-refractivity contribution >= 4 is 17.3 Å². The van der Waals surface area contributed by atoms with E-state index in [2.05, 4.69) is 5.32 Å². The Morgan fingerprint density at radius 2 is 2.25 bits per heavy atom. The summed E-state index contributed by atoms with van der Waals surface area (Å²) in [6.45, 7) is 0.653. The standard InChI is InChI=1S/C11H17N3O2/c1-16-8-4-5-9(12)10(7-8)14-6-2-3-11(13)15/h4-5,7,14H,2-3,6,12H2,1H3,(H2,13,15). The second kappa shape index (κ2) is 5.85. The second-order valence-corrected chi connectivity index (χ2v) is 3.45. The van der Waals surface area contributed by atoms with E-state index in [4.69, 9.17) is 16.2 Å². The highest BCUT2D eigenvalue weighted by molar-refractivity contribution is 5.73. The Bertz CT molecular complexity index is 366. The normalized spacial score (nSPS) is 9.81. The van der Waals surface area contributed by atoms with Gasteiger partial charge in [0.05, 0.1) is 18.5 Å². The summed E-state index contributed by atoms with van der Waals surface area (Å²) < 4.78 is 5.08. The fraction of sp³-hybridized carbons (Fsp3) is 0.364. The van der Waals surface area contributed by atoms with Gasteiger partial charge in [-0.15, -0.1) is 0 Å². The highest BCUT2D eigenvalue weighted by atomic mass is 16.5. The molecule has 1 aromatic rings. The zero-order chi connectivity index (χ0) is 12.0. The van der Waals surface area contributed by atoms with Crippen molar-refractivity contribution < 1.29 is 9.53 Å². The summed E-state index contributed by atoms with van der Waals surface area (Å²) >= 11 is 0. The number of hydrogen-bond acceptors (Lipinski definition) is 4. The maximum atomic E-state index is 10.5. The highest BCUT2D eigenvalue weighted by Gasteiger charge is 2.01. The van der Waals surface area contributed by atoms with Gasteiger partial charge in [-0.25, -0.2) is 0 Å². The van der Waals surface area contributed by atoms with E-state index in [1.165, 1.54) is 0 Å². The van der Waals surface area contributed by atoms with E-state index in [0.29, 0.717) is 25.1 Å². The van der Waals surface area contributed by atoms with Crippen LogP contribution in [-0.2, 0) is 4.79 Å². The molecule has 0 aromatic heterocycles. The van der Waals surface area contributed by atoms with Gasteiger partial charge in [-0.3, -0.25) is 4.79 Å². The van der Waals surface area contributed by atoms with E-state index in [9.17, 15) is 4.79 Å². The summed E-state index contributed by atoms with van der Waals surface area (Å²) in [5, 5.41) is 3.13. The number of amides is 1. The second-order valence-electron chi connectivity index (χ2n) is 3.45. The van der Waals surface area contributed by atoms with Gasteiger partial charge < -0.3 is 21.5 Å². The van der Waals surface area contributed by atoms with Crippen molar-refractivity contribution in [3.05, 3.63) is 18.2 Å². The first-order chi connectivity index (χ1) is 7.63. The summed E-state index contributed by atoms with van der Waals surface area (Å²) in [4.78, 5) is 10.5. The number of benzene rings is 1. The van der Waals surface area contributed by atoms with E-state index in [1.807, 2.05) is 6.07 Å². The summed E-state index contributed by atoms with van der Waals surface area (Å²) in [5.41, 5.74) is 12.3. The van der Waals surface area contributed by atoms with Gasteiger partial charge in [0.15, 0.2) is 0 Å². The third-order valence-corrected chi connectivity index (χ3v) is 2.18. The van der Waals surface area contributed by atoms with Crippen LogP contribution in [0, 0.1) is 0 Å². The van der Waals surface area contributed by atoms with Gasteiger partial charge in [0.1, 0.15) is 5.75 Å². The molecule has 0 fully saturated rings. The van der Waals surface area contributed by atoms with E-state index in [0.717, 1.165) is 11.4 Å². The molecule has 5 heteroatoms. The molecule has 1 amide bonds. The molecule has 0 heterocycles.